The van der Waals surface area contributed by atoms with Crippen LogP contribution < -0.4 is 15.5 Å². The van der Waals surface area contributed by atoms with Crippen LogP contribution in [0.2, 0.25) is 0 Å². The number of rotatable bonds is 4. The number of carboxylic acid groups (broad SMARTS) is 1. The zero-order valence-corrected chi connectivity index (χ0v) is 12.9. The fraction of sp³-hybridized carbons (Fsp3) is 0.429. The van der Waals surface area contributed by atoms with Gasteiger partial charge in [-0.2, -0.15) is 10.1 Å². The lowest BCUT2D eigenvalue weighted by Gasteiger charge is -2.17. The number of nitrogens with zero attached hydrogens (tertiary/aromatic N) is 4. The third kappa shape index (κ3) is 3.50. The summed E-state index contributed by atoms with van der Waals surface area (Å²) in [5.41, 5.74) is 0.829. The third-order valence-electron chi connectivity index (χ3n) is 3.80. The minimum Gasteiger partial charge on any atom is -0.465 e. The van der Waals surface area contributed by atoms with Crippen molar-refractivity contribution in [3.8, 4) is 0 Å². The molecule has 2 atom stereocenters. The van der Waals surface area contributed by atoms with E-state index in [0.29, 0.717) is 30.7 Å². The normalized spacial score (nSPS) is 20.5. The quantitative estimate of drug-likeness (QED) is 0.672. The molecule has 2 aromatic heterocycles. The Kier molecular flexibility index (Phi) is 4.00. The smallest absolute Gasteiger partial charge is 0.404 e. The van der Waals surface area contributed by atoms with E-state index in [9.17, 15) is 4.79 Å². The molecule has 4 N–H and O–H groups in total. The fourth-order valence-electron chi connectivity index (χ4n) is 2.70. The van der Waals surface area contributed by atoms with Crippen LogP contribution >= 0.6 is 0 Å². The summed E-state index contributed by atoms with van der Waals surface area (Å²) >= 11 is 0. The van der Waals surface area contributed by atoms with Crippen LogP contribution in [0.15, 0.2) is 18.3 Å². The van der Waals surface area contributed by atoms with Gasteiger partial charge in [0.15, 0.2) is 5.82 Å². The second-order valence-corrected chi connectivity index (χ2v) is 5.72. The Hall–Kier alpha value is -2.84. The van der Waals surface area contributed by atoms with Gasteiger partial charge in [0.2, 0.25) is 5.95 Å². The summed E-state index contributed by atoms with van der Waals surface area (Å²) in [6.07, 6.45) is 0.719. The van der Waals surface area contributed by atoms with E-state index >= 15 is 0 Å². The van der Waals surface area contributed by atoms with Crippen LogP contribution in [0.3, 0.4) is 0 Å². The van der Waals surface area contributed by atoms with E-state index < -0.39 is 6.09 Å². The number of aryl methyl sites for hydroxylation is 1. The first-order valence-electron chi connectivity index (χ1n) is 7.38. The predicted molar refractivity (Wildman–Crippen MR) is 85.0 cm³/mol. The standard InChI is InChI=1S/C14H19N7O2/c1-8-6-21(7-10(8)17-14(22)23)13-16-9(2)5-12(19-13)18-11-3-4-15-20-11/h3-5,8,10,17H,6-7H2,1-2H3,(H,22,23)(H2,15,16,18,19,20)/t8-,10+/m1/s1. The molecule has 0 unspecified atom stereocenters. The minimum atomic E-state index is -1.00. The van der Waals surface area contributed by atoms with Crippen molar-refractivity contribution in [1.29, 1.82) is 0 Å². The average molecular weight is 317 g/mol. The van der Waals surface area contributed by atoms with Gasteiger partial charge in [-0.25, -0.2) is 9.78 Å². The van der Waals surface area contributed by atoms with Gasteiger partial charge in [0, 0.05) is 37.1 Å². The van der Waals surface area contributed by atoms with Crippen LogP contribution in [-0.4, -0.2) is 50.5 Å². The number of H-pyrrole nitrogens is 1. The highest BCUT2D eigenvalue weighted by Gasteiger charge is 2.32. The molecule has 23 heavy (non-hydrogen) atoms. The molecule has 3 rings (SSSR count). The maximum Gasteiger partial charge on any atom is 0.404 e. The monoisotopic (exact) mass is 317 g/mol. The molecule has 1 saturated heterocycles. The molecule has 1 fully saturated rings. The highest BCUT2D eigenvalue weighted by molar-refractivity contribution is 5.65. The van der Waals surface area contributed by atoms with Crippen molar-refractivity contribution in [2.75, 3.05) is 23.3 Å². The lowest BCUT2D eigenvalue weighted by Crippen LogP contribution is -2.39. The maximum absolute atomic E-state index is 10.8. The minimum absolute atomic E-state index is 0.126. The molecule has 1 aliphatic heterocycles. The zero-order valence-electron chi connectivity index (χ0n) is 12.9. The summed E-state index contributed by atoms with van der Waals surface area (Å²) in [5, 5.41) is 21.3. The fourth-order valence-corrected chi connectivity index (χ4v) is 2.70. The number of anilines is 3. The molecule has 3 heterocycles. The second-order valence-electron chi connectivity index (χ2n) is 5.72. The lowest BCUT2D eigenvalue weighted by atomic mass is 10.1. The summed E-state index contributed by atoms with van der Waals surface area (Å²) in [6, 6.07) is 3.52. The van der Waals surface area contributed by atoms with Crippen molar-refractivity contribution in [3.05, 3.63) is 24.0 Å². The van der Waals surface area contributed by atoms with Crippen LogP contribution in [0.25, 0.3) is 0 Å². The number of nitrogens with one attached hydrogen (secondary N) is 3. The van der Waals surface area contributed by atoms with Gasteiger partial charge >= 0.3 is 6.09 Å². The van der Waals surface area contributed by atoms with E-state index in [-0.39, 0.29) is 12.0 Å². The largest absolute Gasteiger partial charge is 0.465 e. The van der Waals surface area contributed by atoms with Crippen molar-refractivity contribution in [1.82, 2.24) is 25.5 Å². The van der Waals surface area contributed by atoms with Gasteiger partial charge < -0.3 is 20.6 Å². The Bertz CT molecular complexity index is 688. The first kappa shape index (κ1) is 15.1. The van der Waals surface area contributed by atoms with Gasteiger partial charge in [-0.05, 0) is 12.8 Å². The van der Waals surface area contributed by atoms with Crippen molar-refractivity contribution >= 4 is 23.7 Å². The molecular weight excluding hydrogens is 298 g/mol. The molecule has 0 aliphatic carbocycles. The van der Waals surface area contributed by atoms with E-state index in [1.54, 1.807) is 6.20 Å². The first-order chi connectivity index (χ1) is 11.0. The molecule has 122 valence electrons. The van der Waals surface area contributed by atoms with E-state index in [0.717, 1.165) is 5.69 Å². The van der Waals surface area contributed by atoms with Gasteiger partial charge in [-0.1, -0.05) is 6.92 Å². The Morgan fingerprint density at radius 2 is 2.22 bits per heavy atom. The topological polar surface area (TPSA) is 119 Å². The Balaban J connectivity index is 1.77. The molecule has 0 spiro atoms. The highest BCUT2D eigenvalue weighted by atomic mass is 16.4. The maximum atomic E-state index is 10.8. The summed E-state index contributed by atoms with van der Waals surface area (Å²) in [4.78, 5) is 21.8. The van der Waals surface area contributed by atoms with Gasteiger partial charge in [0.05, 0.1) is 6.04 Å². The summed E-state index contributed by atoms with van der Waals surface area (Å²) < 4.78 is 0. The summed E-state index contributed by atoms with van der Waals surface area (Å²) in [5.74, 6) is 2.11. The Morgan fingerprint density at radius 1 is 1.39 bits per heavy atom. The molecule has 0 aromatic carbocycles. The van der Waals surface area contributed by atoms with E-state index in [1.165, 1.54) is 0 Å². The molecule has 9 nitrogen and oxygen atoms in total. The van der Waals surface area contributed by atoms with Gasteiger partial charge in [0.1, 0.15) is 5.82 Å². The van der Waals surface area contributed by atoms with Crippen molar-refractivity contribution in [3.63, 3.8) is 0 Å². The van der Waals surface area contributed by atoms with Crippen LogP contribution in [0.4, 0.5) is 22.4 Å². The van der Waals surface area contributed by atoms with Gasteiger partial charge in [0.25, 0.3) is 0 Å². The zero-order chi connectivity index (χ0) is 16.4. The number of hydrogen-bond donors (Lipinski definition) is 4. The first-order valence-corrected chi connectivity index (χ1v) is 7.38. The average Bonchev–Trinajstić information content (AvgIpc) is 3.08. The van der Waals surface area contributed by atoms with E-state index in [4.69, 9.17) is 5.11 Å². The Labute approximate surface area is 133 Å². The number of aromatic nitrogens is 4. The number of carbonyl (C=O) groups is 1. The molecule has 1 amide bonds. The summed E-state index contributed by atoms with van der Waals surface area (Å²) in [6.45, 7) is 5.17. The van der Waals surface area contributed by atoms with Crippen molar-refractivity contribution in [2.24, 2.45) is 5.92 Å². The molecule has 1 aliphatic rings. The molecule has 0 saturated carbocycles. The number of hydrogen-bond acceptors (Lipinski definition) is 6. The third-order valence-corrected chi connectivity index (χ3v) is 3.80. The molecule has 2 aromatic rings. The molecule has 0 radical (unpaired) electrons. The number of amides is 1. The highest BCUT2D eigenvalue weighted by Crippen LogP contribution is 2.23. The van der Waals surface area contributed by atoms with Gasteiger partial charge in [-0.3, -0.25) is 5.10 Å². The van der Waals surface area contributed by atoms with Crippen LogP contribution in [0, 0.1) is 12.8 Å². The number of aromatic amines is 1. The van der Waals surface area contributed by atoms with Crippen molar-refractivity contribution < 1.29 is 9.90 Å². The Morgan fingerprint density at radius 3 is 2.91 bits per heavy atom. The second kappa shape index (κ2) is 6.11. The van der Waals surface area contributed by atoms with Crippen LogP contribution in [0.5, 0.6) is 0 Å². The molecular formula is C14H19N7O2. The molecule has 0 bridgehead atoms. The van der Waals surface area contributed by atoms with Gasteiger partial charge in [-0.15, -0.1) is 0 Å². The van der Waals surface area contributed by atoms with Crippen LogP contribution in [0.1, 0.15) is 12.6 Å². The van der Waals surface area contributed by atoms with E-state index in [1.807, 2.05) is 30.9 Å². The summed E-state index contributed by atoms with van der Waals surface area (Å²) in [7, 11) is 0. The van der Waals surface area contributed by atoms with Crippen LogP contribution in [-0.2, 0) is 0 Å². The lowest BCUT2D eigenvalue weighted by molar-refractivity contribution is 0.188. The van der Waals surface area contributed by atoms with Crippen molar-refractivity contribution in [2.45, 2.75) is 19.9 Å². The van der Waals surface area contributed by atoms with E-state index in [2.05, 4.69) is 30.8 Å². The molecule has 9 heteroatoms. The predicted octanol–water partition coefficient (Wildman–Crippen LogP) is 1.34. The SMILES string of the molecule is Cc1cc(Nc2cc[nH]n2)nc(N2C[C@@H](C)[C@@H](NC(=O)O)C2)n1.